The number of hydrogen-bond donors (Lipinski definition) is 1. The number of fused-ring (bicyclic) bond motifs is 1. The number of halogens is 6. The van der Waals surface area contributed by atoms with Gasteiger partial charge in [-0.2, -0.15) is 13.2 Å². The van der Waals surface area contributed by atoms with Gasteiger partial charge in [0.2, 0.25) is 5.88 Å². The van der Waals surface area contributed by atoms with Gasteiger partial charge in [0.05, 0.1) is 28.0 Å². The van der Waals surface area contributed by atoms with Crippen molar-refractivity contribution in [3.05, 3.63) is 22.6 Å². The third kappa shape index (κ3) is 6.66. The van der Waals surface area contributed by atoms with E-state index < -0.39 is 49.4 Å². The van der Waals surface area contributed by atoms with Crippen LogP contribution in [0, 0.1) is 5.92 Å². The van der Waals surface area contributed by atoms with E-state index in [4.69, 9.17) is 9.47 Å². The molecule has 2 aromatic rings. The number of alkyl halides is 6. The zero-order valence-electron chi connectivity index (χ0n) is 18.5. The Kier molecular flexibility index (Phi) is 7.99. The van der Waals surface area contributed by atoms with E-state index in [0.717, 1.165) is 17.4 Å². The normalized spacial score (nSPS) is 19.0. The topological polar surface area (TPSA) is 90.0 Å². The van der Waals surface area contributed by atoms with Crippen molar-refractivity contribution >= 4 is 33.6 Å². The number of ether oxygens (including phenoxy) is 3. The second-order valence-corrected chi connectivity index (χ2v) is 8.57. The average molecular weight is 529 g/mol. The van der Waals surface area contributed by atoms with E-state index in [1.807, 2.05) is 0 Å². The maximum atomic E-state index is 13.7. The number of thiophene rings is 1. The lowest BCUT2D eigenvalue weighted by molar-refractivity contribution is -0.326. The third-order valence-electron chi connectivity index (χ3n) is 5.21. The van der Waals surface area contributed by atoms with Crippen LogP contribution < -0.4 is 10.1 Å². The monoisotopic (exact) mass is 529 g/mol. The lowest BCUT2D eigenvalue weighted by Gasteiger charge is -2.36. The summed E-state index contributed by atoms with van der Waals surface area (Å²) in [7, 11) is 1.35. The number of pyridine rings is 1. The molecule has 1 aliphatic rings. The lowest BCUT2D eigenvalue weighted by atomic mass is 9.97. The van der Waals surface area contributed by atoms with Crippen LogP contribution in [0.15, 0.2) is 11.4 Å². The van der Waals surface area contributed by atoms with Gasteiger partial charge < -0.3 is 19.7 Å². The molecular weight excluding hydrogens is 508 g/mol. The molecule has 15 heteroatoms. The number of aromatic nitrogens is 1. The smallest absolute Gasteiger partial charge is 0.474 e. The van der Waals surface area contributed by atoms with E-state index in [0.29, 0.717) is 0 Å². The number of rotatable bonds is 6. The molecule has 0 unspecified atom stereocenters. The standard InChI is InChI=1S/C20H21F6N3O5S/c1-10-8-29(18(31)32-5-6-33-20(24,25)26)4-3-13(10)34-14-7-12(19(21,22)23)16-15(28-14)11(9-35-16)17(30)27-2/h7,9-10,13H,3-6,8H2,1-2H3,(H,27,30)/t10-,13-/m1/s1. The zero-order valence-corrected chi connectivity index (χ0v) is 19.3. The summed E-state index contributed by atoms with van der Waals surface area (Å²) in [5, 5.41) is 3.65. The number of nitrogens with zero attached hydrogens (tertiary/aromatic N) is 2. The molecule has 194 valence electrons. The maximum Gasteiger partial charge on any atom is 0.522 e. The highest BCUT2D eigenvalue weighted by atomic mass is 32.1. The Morgan fingerprint density at radius 2 is 1.94 bits per heavy atom. The molecule has 0 aliphatic carbocycles. The first-order valence-electron chi connectivity index (χ1n) is 10.3. The maximum absolute atomic E-state index is 13.7. The largest absolute Gasteiger partial charge is 0.522 e. The molecule has 2 aromatic heterocycles. The predicted molar refractivity (Wildman–Crippen MR) is 111 cm³/mol. The molecule has 3 rings (SSSR count). The number of nitrogens with one attached hydrogen (secondary N) is 1. The van der Waals surface area contributed by atoms with Gasteiger partial charge in [-0.3, -0.25) is 9.53 Å². The van der Waals surface area contributed by atoms with Crippen LogP contribution in [0.3, 0.4) is 0 Å². The van der Waals surface area contributed by atoms with E-state index in [2.05, 4.69) is 15.0 Å². The van der Waals surface area contributed by atoms with E-state index in [1.165, 1.54) is 17.3 Å². The molecule has 35 heavy (non-hydrogen) atoms. The van der Waals surface area contributed by atoms with Gasteiger partial charge in [-0.1, -0.05) is 6.92 Å². The van der Waals surface area contributed by atoms with Crippen molar-refractivity contribution in [1.29, 1.82) is 0 Å². The molecule has 0 spiro atoms. The van der Waals surface area contributed by atoms with E-state index >= 15 is 0 Å². The molecule has 1 fully saturated rings. The minimum absolute atomic E-state index is 0.0106. The summed E-state index contributed by atoms with van der Waals surface area (Å²) in [6.07, 6.45) is -10.8. The Bertz CT molecular complexity index is 1070. The van der Waals surface area contributed by atoms with Gasteiger partial charge in [0.1, 0.15) is 12.7 Å². The molecule has 1 saturated heterocycles. The van der Waals surface area contributed by atoms with Gasteiger partial charge in [0, 0.05) is 43.9 Å². The fourth-order valence-electron chi connectivity index (χ4n) is 3.55. The first-order chi connectivity index (χ1) is 16.3. The summed E-state index contributed by atoms with van der Waals surface area (Å²) in [4.78, 5) is 29.6. The number of carbonyl (C=O) groups excluding carboxylic acids is 2. The first kappa shape index (κ1) is 26.8. The van der Waals surface area contributed by atoms with E-state index in [1.54, 1.807) is 6.92 Å². The Morgan fingerprint density at radius 3 is 2.54 bits per heavy atom. The van der Waals surface area contributed by atoms with Crippen molar-refractivity contribution in [3.8, 4) is 5.88 Å². The summed E-state index contributed by atoms with van der Waals surface area (Å²) in [5.41, 5.74) is -1.12. The fourth-order valence-corrected chi connectivity index (χ4v) is 4.57. The van der Waals surface area contributed by atoms with Crippen molar-refractivity contribution in [3.63, 3.8) is 0 Å². The van der Waals surface area contributed by atoms with Crippen LogP contribution in [0.2, 0.25) is 0 Å². The Labute approximate surface area is 199 Å². The lowest BCUT2D eigenvalue weighted by Crippen LogP contribution is -2.47. The minimum Gasteiger partial charge on any atom is -0.474 e. The number of hydrogen-bond acceptors (Lipinski definition) is 7. The Hall–Kier alpha value is -2.81. The number of piperidine rings is 1. The van der Waals surface area contributed by atoms with Gasteiger partial charge in [-0.15, -0.1) is 24.5 Å². The first-order valence-corrected chi connectivity index (χ1v) is 11.2. The summed E-state index contributed by atoms with van der Waals surface area (Å²) in [5.74, 6) is -1.27. The molecular formula is C20H21F6N3O5S. The van der Waals surface area contributed by atoms with Crippen LogP contribution in [0.25, 0.3) is 10.2 Å². The molecule has 3 heterocycles. The van der Waals surface area contributed by atoms with Crippen LogP contribution in [0.1, 0.15) is 29.3 Å². The van der Waals surface area contributed by atoms with Crippen LogP contribution in [0.4, 0.5) is 31.1 Å². The predicted octanol–water partition coefficient (Wildman–Crippen LogP) is 4.44. The second-order valence-electron chi connectivity index (χ2n) is 7.69. The van der Waals surface area contributed by atoms with Crippen molar-refractivity contribution in [1.82, 2.24) is 15.2 Å². The van der Waals surface area contributed by atoms with E-state index in [-0.39, 0.29) is 47.1 Å². The molecule has 0 saturated carbocycles. The van der Waals surface area contributed by atoms with Crippen LogP contribution >= 0.6 is 11.3 Å². The molecule has 8 nitrogen and oxygen atoms in total. The summed E-state index contributed by atoms with van der Waals surface area (Å²) in [6.45, 7) is 0.452. The zero-order chi connectivity index (χ0) is 26.0. The van der Waals surface area contributed by atoms with Crippen molar-refractivity contribution in [2.24, 2.45) is 5.92 Å². The molecule has 0 radical (unpaired) electrons. The third-order valence-corrected chi connectivity index (χ3v) is 6.21. The SMILES string of the molecule is CNC(=O)c1csc2c(C(F)(F)F)cc(O[C@@H]3CCN(C(=O)OCCOC(F)(F)F)C[C@H]3C)nc12. The highest BCUT2D eigenvalue weighted by Crippen LogP contribution is 2.40. The summed E-state index contributed by atoms with van der Waals surface area (Å²) < 4.78 is 90.8. The van der Waals surface area contributed by atoms with Gasteiger partial charge in [-0.05, 0) is 0 Å². The van der Waals surface area contributed by atoms with Gasteiger partial charge in [-0.25, -0.2) is 9.78 Å². The Balaban J connectivity index is 1.69. The summed E-state index contributed by atoms with van der Waals surface area (Å²) >= 11 is 0.751. The molecule has 0 bridgehead atoms. The summed E-state index contributed by atoms with van der Waals surface area (Å²) in [6, 6.07) is 0.778. The van der Waals surface area contributed by atoms with Crippen molar-refractivity contribution in [2.45, 2.75) is 32.0 Å². The van der Waals surface area contributed by atoms with Crippen molar-refractivity contribution in [2.75, 3.05) is 33.4 Å². The van der Waals surface area contributed by atoms with Crippen molar-refractivity contribution < 1.29 is 50.1 Å². The fraction of sp³-hybridized carbons (Fsp3) is 0.550. The molecule has 0 aromatic carbocycles. The van der Waals surface area contributed by atoms with Crippen LogP contribution in [-0.4, -0.2) is 67.7 Å². The highest BCUT2D eigenvalue weighted by molar-refractivity contribution is 7.17. The highest BCUT2D eigenvalue weighted by Gasteiger charge is 2.37. The molecule has 2 atom stereocenters. The van der Waals surface area contributed by atoms with Gasteiger partial charge in [0.25, 0.3) is 5.91 Å². The Morgan fingerprint density at radius 1 is 1.23 bits per heavy atom. The quantitative estimate of drug-likeness (QED) is 0.440. The number of likely N-dealkylation sites (tertiary alicyclic amines) is 1. The van der Waals surface area contributed by atoms with E-state index in [9.17, 15) is 35.9 Å². The van der Waals surface area contributed by atoms with Gasteiger partial charge in [0.15, 0.2) is 0 Å². The van der Waals surface area contributed by atoms with Gasteiger partial charge >= 0.3 is 18.6 Å². The molecule has 1 aliphatic heterocycles. The van der Waals surface area contributed by atoms with Crippen LogP contribution in [-0.2, 0) is 15.7 Å². The number of amides is 2. The average Bonchev–Trinajstić information content (AvgIpc) is 3.19. The minimum atomic E-state index is -4.83. The molecule has 1 N–H and O–H groups in total. The number of carbonyl (C=O) groups is 2. The second kappa shape index (κ2) is 10.4. The van der Waals surface area contributed by atoms with Crippen LogP contribution in [0.5, 0.6) is 5.88 Å². The molecule has 2 amide bonds.